The Hall–Kier alpha value is -1.14. The molecule has 0 aliphatic carbocycles. The third-order valence-electron chi connectivity index (χ3n) is 3.00. The molecule has 0 radical (unpaired) electrons. The Bertz CT molecular complexity index is 599. The number of nitrogens with one attached hydrogen (secondary N) is 2. The number of anilines is 1. The Morgan fingerprint density at radius 3 is 3.05 bits per heavy atom. The van der Waals surface area contributed by atoms with Gasteiger partial charge in [-0.05, 0) is 31.5 Å². The van der Waals surface area contributed by atoms with Crippen molar-refractivity contribution in [2.45, 2.75) is 32.7 Å². The van der Waals surface area contributed by atoms with E-state index in [2.05, 4.69) is 38.5 Å². The first-order valence-electron chi connectivity index (χ1n) is 6.68. The van der Waals surface area contributed by atoms with Gasteiger partial charge >= 0.3 is 0 Å². The Morgan fingerprint density at radius 1 is 1.50 bits per heavy atom. The van der Waals surface area contributed by atoms with Gasteiger partial charge in [-0.25, -0.2) is 4.98 Å². The zero-order chi connectivity index (χ0) is 14.5. The van der Waals surface area contributed by atoms with Crippen molar-refractivity contribution in [3.05, 3.63) is 22.7 Å². The van der Waals surface area contributed by atoms with Gasteiger partial charge in [-0.15, -0.1) is 0 Å². The van der Waals surface area contributed by atoms with Crippen LogP contribution in [0.5, 0.6) is 0 Å². The van der Waals surface area contributed by atoms with Crippen molar-refractivity contribution < 1.29 is 4.79 Å². The highest BCUT2D eigenvalue weighted by atomic mass is 79.9. The van der Waals surface area contributed by atoms with E-state index < -0.39 is 0 Å². The predicted molar refractivity (Wildman–Crippen MR) is 88.3 cm³/mol. The number of hydrogen-bond donors (Lipinski definition) is 2. The van der Waals surface area contributed by atoms with Crippen LogP contribution in [-0.2, 0) is 4.79 Å². The molecule has 0 aliphatic rings. The van der Waals surface area contributed by atoms with Crippen molar-refractivity contribution >= 4 is 48.5 Å². The number of rotatable bonds is 6. The maximum absolute atomic E-state index is 11.6. The van der Waals surface area contributed by atoms with Crippen LogP contribution < -0.4 is 10.6 Å². The molecular weight excluding hydrogens is 338 g/mol. The summed E-state index contributed by atoms with van der Waals surface area (Å²) in [5, 5.41) is 7.01. The molecular formula is C14H18BrN3OS. The van der Waals surface area contributed by atoms with E-state index in [0.29, 0.717) is 13.0 Å². The van der Waals surface area contributed by atoms with Gasteiger partial charge in [0.15, 0.2) is 5.13 Å². The van der Waals surface area contributed by atoms with Gasteiger partial charge in [-0.3, -0.25) is 4.79 Å². The monoisotopic (exact) mass is 355 g/mol. The number of thiazole rings is 1. The first-order chi connectivity index (χ1) is 9.58. The van der Waals surface area contributed by atoms with Gasteiger partial charge in [-0.1, -0.05) is 34.2 Å². The van der Waals surface area contributed by atoms with Gasteiger partial charge in [-0.2, -0.15) is 0 Å². The fourth-order valence-electron chi connectivity index (χ4n) is 1.71. The summed E-state index contributed by atoms with van der Waals surface area (Å²) in [6.07, 6.45) is 1.41. The number of halogens is 1. The molecule has 2 N–H and O–H groups in total. The van der Waals surface area contributed by atoms with Gasteiger partial charge in [0.1, 0.15) is 0 Å². The van der Waals surface area contributed by atoms with Crippen LogP contribution in [0, 0.1) is 0 Å². The molecule has 0 saturated carbocycles. The molecule has 1 aromatic heterocycles. The van der Waals surface area contributed by atoms with Crippen LogP contribution in [-0.4, -0.2) is 23.5 Å². The minimum Gasteiger partial charge on any atom is -0.361 e. The average Bonchev–Trinajstić information content (AvgIpc) is 2.80. The van der Waals surface area contributed by atoms with Gasteiger partial charge in [0.2, 0.25) is 5.91 Å². The van der Waals surface area contributed by atoms with Crippen LogP contribution in [0.25, 0.3) is 10.2 Å². The molecule has 4 nitrogen and oxygen atoms in total. The summed E-state index contributed by atoms with van der Waals surface area (Å²) in [5.74, 6) is 0.0794. The van der Waals surface area contributed by atoms with Crippen LogP contribution >= 0.6 is 27.3 Å². The number of aromatic nitrogens is 1. The van der Waals surface area contributed by atoms with Crippen LogP contribution in [0.3, 0.4) is 0 Å². The SMILES string of the molecule is CCC(C)NC(=O)CCNc1nc2cc(Br)ccc2s1. The third-order valence-corrected chi connectivity index (χ3v) is 4.49. The van der Waals surface area contributed by atoms with Crippen LogP contribution in [0.4, 0.5) is 5.13 Å². The van der Waals surface area contributed by atoms with Gasteiger partial charge in [0.25, 0.3) is 0 Å². The van der Waals surface area contributed by atoms with E-state index in [0.717, 1.165) is 26.2 Å². The summed E-state index contributed by atoms with van der Waals surface area (Å²) in [5.41, 5.74) is 0.968. The Labute approximate surface area is 131 Å². The smallest absolute Gasteiger partial charge is 0.221 e. The summed E-state index contributed by atoms with van der Waals surface area (Å²) >= 11 is 5.04. The Kier molecular flexibility index (Phi) is 5.37. The molecule has 2 rings (SSSR count). The van der Waals surface area contributed by atoms with E-state index in [4.69, 9.17) is 0 Å². The van der Waals surface area contributed by atoms with Crippen molar-refractivity contribution in [3.8, 4) is 0 Å². The molecule has 0 spiro atoms. The Balaban J connectivity index is 1.85. The topological polar surface area (TPSA) is 54.0 Å². The van der Waals surface area contributed by atoms with E-state index in [1.54, 1.807) is 11.3 Å². The molecule has 1 aromatic carbocycles. The number of nitrogens with zero attached hydrogens (tertiary/aromatic N) is 1. The number of carbonyl (C=O) groups excluding carboxylic acids is 1. The highest BCUT2D eigenvalue weighted by molar-refractivity contribution is 9.10. The second-order valence-corrected chi connectivity index (χ2v) is 6.63. The average molecular weight is 356 g/mol. The second-order valence-electron chi connectivity index (χ2n) is 4.68. The number of carbonyl (C=O) groups is 1. The van der Waals surface area contributed by atoms with E-state index in [1.165, 1.54) is 0 Å². The molecule has 6 heteroatoms. The lowest BCUT2D eigenvalue weighted by atomic mass is 10.2. The second kappa shape index (κ2) is 7.04. The molecule has 0 fully saturated rings. The van der Waals surface area contributed by atoms with Crippen LogP contribution in [0.15, 0.2) is 22.7 Å². The number of fused-ring (bicyclic) bond motifs is 1. The zero-order valence-electron chi connectivity index (χ0n) is 11.6. The summed E-state index contributed by atoms with van der Waals surface area (Å²) in [7, 11) is 0. The minimum atomic E-state index is 0.0794. The standard InChI is InChI=1S/C14H18BrN3OS/c1-3-9(2)17-13(19)6-7-16-14-18-11-8-10(15)4-5-12(11)20-14/h4-5,8-9H,3,6-7H2,1-2H3,(H,16,18)(H,17,19). The van der Waals surface area contributed by atoms with Gasteiger partial charge in [0.05, 0.1) is 10.2 Å². The molecule has 1 atom stereocenters. The largest absolute Gasteiger partial charge is 0.361 e. The molecule has 1 heterocycles. The summed E-state index contributed by atoms with van der Waals surface area (Å²) in [6, 6.07) is 6.27. The lowest BCUT2D eigenvalue weighted by Crippen LogP contribution is -2.32. The number of hydrogen-bond acceptors (Lipinski definition) is 4. The molecule has 108 valence electrons. The van der Waals surface area contributed by atoms with E-state index in [9.17, 15) is 4.79 Å². The molecule has 0 saturated heterocycles. The van der Waals surface area contributed by atoms with Crippen molar-refractivity contribution in [2.75, 3.05) is 11.9 Å². The van der Waals surface area contributed by atoms with Crippen molar-refractivity contribution in [1.29, 1.82) is 0 Å². The highest BCUT2D eigenvalue weighted by Crippen LogP contribution is 2.27. The van der Waals surface area contributed by atoms with Crippen molar-refractivity contribution in [3.63, 3.8) is 0 Å². The fraction of sp³-hybridized carbons (Fsp3) is 0.429. The number of amides is 1. The van der Waals surface area contributed by atoms with E-state index >= 15 is 0 Å². The molecule has 0 bridgehead atoms. The maximum Gasteiger partial charge on any atom is 0.221 e. The summed E-state index contributed by atoms with van der Waals surface area (Å²) in [6.45, 7) is 4.67. The lowest BCUT2D eigenvalue weighted by Gasteiger charge is -2.11. The third kappa shape index (κ3) is 4.18. The van der Waals surface area contributed by atoms with Gasteiger partial charge < -0.3 is 10.6 Å². The summed E-state index contributed by atoms with van der Waals surface area (Å²) < 4.78 is 2.16. The van der Waals surface area contributed by atoms with Crippen LogP contribution in [0.1, 0.15) is 26.7 Å². The van der Waals surface area contributed by atoms with Gasteiger partial charge in [0, 0.05) is 23.5 Å². The normalized spacial score (nSPS) is 12.3. The quantitative estimate of drug-likeness (QED) is 0.828. The first kappa shape index (κ1) is 15.3. The highest BCUT2D eigenvalue weighted by Gasteiger charge is 2.07. The first-order valence-corrected chi connectivity index (χ1v) is 8.28. The lowest BCUT2D eigenvalue weighted by molar-refractivity contribution is -0.121. The van der Waals surface area contributed by atoms with Crippen LogP contribution in [0.2, 0.25) is 0 Å². The van der Waals surface area contributed by atoms with Crippen molar-refractivity contribution in [2.24, 2.45) is 0 Å². The molecule has 1 unspecified atom stereocenters. The van der Waals surface area contributed by atoms with Crippen molar-refractivity contribution in [1.82, 2.24) is 10.3 Å². The zero-order valence-corrected chi connectivity index (χ0v) is 14.0. The fourth-order valence-corrected chi connectivity index (χ4v) is 2.93. The van der Waals surface area contributed by atoms with E-state index in [-0.39, 0.29) is 11.9 Å². The number of benzene rings is 1. The Morgan fingerprint density at radius 2 is 2.30 bits per heavy atom. The molecule has 20 heavy (non-hydrogen) atoms. The van der Waals surface area contributed by atoms with E-state index in [1.807, 2.05) is 25.1 Å². The minimum absolute atomic E-state index is 0.0794. The molecule has 1 amide bonds. The maximum atomic E-state index is 11.6. The molecule has 2 aromatic rings. The summed E-state index contributed by atoms with van der Waals surface area (Å²) in [4.78, 5) is 16.1. The predicted octanol–water partition coefficient (Wildman–Crippen LogP) is 3.78. The molecule has 0 aliphatic heterocycles.